The molecule has 0 bridgehead atoms. The molecule has 0 saturated heterocycles. The normalized spacial score (nSPS) is 15.4. The molecule has 0 radical (unpaired) electrons. The zero-order valence-electron chi connectivity index (χ0n) is 18.6. The molecule has 0 spiro atoms. The Labute approximate surface area is 195 Å². The summed E-state index contributed by atoms with van der Waals surface area (Å²) in [5.41, 5.74) is 4.79. The number of hydrogen-bond donors (Lipinski definition) is 1. The summed E-state index contributed by atoms with van der Waals surface area (Å²) < 4.78 is 35.2. The van der Waals surface area contributed by atoms with Gasteiger partial charge in [-0.2, -0.15) is 8.78 Å². The van der Waals surface area contributed by atoms with E-state index in [0.29, 0.717) is 13.0 Å². The number of aromatic nitrogens is 1. The number of hydrogen-bond acceptors (Lipinski definition) is 3. The van der Waals surface area contributed by atoms with Crippen LogP contribution in [-0.4, -0.2) is 36.1 Å². The molecule has 1 aliphatic heterocycles. The van der Waals surface area contributed by atoms with Gasteiger partial charge in [-0.3, -0.25) is 4.79 Å². The van der Waals surface area contributed by atoms with Crippen LogP contribution >= 0.6 is 0 Å². The predicted molar refractivity (Wildman–Crippen MR) is 125 cm³/mol. The van der Waals surface area contributed by atoms with Gasteiger partial charge in [-0.05, 0) is 53.4 Å². The second-order valence-corrected chi connectivity index (χ2v) is 8.28. The average Bonchev–Trinajstić information content (AvgIpc) is 3.22. The van der Waals surface area contributed by atoms with Crippen molar-refractivity contribution in [2.24, 2.45) is 0 Å². The Morgan fingerprint density at radius 3 is 2.50 bits per heavy atom. The highest BCUT2D eigenvalue weighted by molar-refractivity contribution is 5.88. The monoisotopic (exact) mass is 462 g/mol. The van der Waals surface area contributed by atoms with Crippen molar-refractivity contribution in [2.75, 3.05) is 13.7 Å². The van der Waals surface area contributed by atoms with Crippen LogP contribution in [0.4, 0.5) is 8.78 Å². The summed E-state index contributed by atoms with van der Waals surface area (Å²) in [5.74, 6) is 0.853. The van der Waals surface area contributed by atoms with E-state index in [1.807, 2.05) is 53.4 Å². The lowest BCUT2D eigenvalue weighted by Crippen LogP contribution is -2.41. The average molecular weight is 462 g/mol. The van der Waals surface area contributed by atoms with E-state index in [9.17, 15) is 13.6 Å². The number of fused-ring (bicyclic) bond motifs is 3. The highest BCUT2D eigenvalue weighted by Crippen LogP contribution is 2.40. The summed E-state index contributed by atoms with van der Waals surface area (Å²) in [4.78, 5) is 18.8. The number of H-pyrrole nitrogens is 1. The number of alkyl halides is 2. The van der Waals surface area contributed by atoms with Crippen LogP contribution in [0.2, 0.25) is 0 Å². The van der Waals surface area contributed by atoms with E-state index in [0.717, 1.165) is 39.0 Å². The lowest BCUT2D eigenvalue weighted by Gasteiger charge is -2.36. The fraction of sp³-hybridized carbons (Fsp3) is 0.222. The Morgan fingerprint density at radius 2 is 1.79 bits per heavy atom. The minimum absolute atomic E-state index is 0.00555. The number of amides is 1. The van der Waals surface area contributed by atoms with Gasteiger partial charge in [0.2, 0.25) is 5.91 Å². The number of rotatable bonds is 6. The van der Waals surface area contributed by atoms with E-state index in [4.69, 9.17) is 4.74 Å². The number of carbonyl (C=O) groups excluding carboxylic acids is 1. The van der Waals surface area contributed by atoms with Gasteiger partial charge >= 0.3 is 6.61 Å². The number of nitrogens with one attached hydrogen (secondary N) is 1. The third-order valence-corrected chi connectivity index (χ3v) is 6.27. The van der Waals surface area contributed by atoms with Crippen LogP contribution < -0.4 is 9.47 Å². The molecule has 1 aromatic heterocycles. The van der Waals surface area contributed by atoms with Gasteiger partial charge in [0.05, 0.1) is 19.6 Å². The maximum atomic E-state index is 13.5. The molecule has 3 aromatic carbocycles. The Kier molecular flexibility index (Phi) is 5.92. The number of methoxy groups -OCH3 is 1. The fourth-order valence-corrected chi connectivity index (χ4v) is 4.71. The lowest BCUT2D eigenvalue weighted by atomic mass is 9.91. The van der Waals surface area contributed by atoms with Crippen molar-refractivity contribution in [1.29, 1.82) is 0 Å². The minimum atomic E-state index is -2.89. The first kappa shape index (κ1) is 21.9. The summed E-state index contributed by atoms with van der Waals surface area (Å²) in [6.07, 6.45) is 0.986. The smallest absolute Gasteiger partial charge is 0.387 e. The van der Waals surface area contributed by atoms with Crippen LogP contribution in [-0.2, 0) is 17.6 Å². The second kappa shape index (κ2) is 9.17. The summed E-state index contributed by atoms with van der Waals surface area (Å²) in [7, 11) is 1.64. The molecule has 7 heteroatoms. The van der Waals surface area contributed by atoms with Crippen molar-refractivity contribution in [3.8, 4) is 11.5 Å². The van der Waals surface area contributed by atoms with Crippen LogP contribution in [0.5, 0.6) is 11.5 Å². The standard InChI is InChI=1S/C27H24F2N2O3/c1-33-20-11-12-23-22(16-20)21-13-14-31(24(32)15-17-5-3-2-4-6-17)26(25(21)30-23)18-7-9-19(10-8-18)34-27(28)29/h2-12,16,26-27,30H,13-15H2,1H3/t26-/m1/s1. The zero-order valence-corrected chi connectivity index (χ0v) is 18.6. The van der Waals surface area contributed by atoms with Crippen LogP contribution in [0.1, 0.15) is 28.4 Å². The minimum Gasteiger partial charge on any atom is -0.497 e. The number of ether oxygens (including phenoxy) is 2. The van der Waals surface area contributed by atoms with Crippen molar-refractivity contribution in [1.82, 2.24) is 9.88 Å². The first-order valence-electron chi connectivity index (χ1n) is 11.1. The molecule has 0 aliphatic carbocycles. The Bertz CT molecular complexity index is 1300. The molecule has 174 valence electrons. The quantitative estimate of drug-likeness (QED) is 0.412. The fourth-order valence-electron chi connectivity index (χ4n) is 4.71. The summed E-state index contributed by atoms with van der Waals surface area (Å²) in [5, 5.41) is 1.06. The van der Waals surface area contributed by atoms with Crippen molar-refractivity contribution >= 4 is 16.8 Å². The van der Waals surface area contributed by atoms with Crippen LogP contribution in [0.25, 0.3) is 10.9 Å². The van der Waals surface area contributed by atoms with E-state index >= 15 is 0 Å². The van der Waals surface area contributed by atoms with E-state index in [1.165, 1.54) is 12.1 Å². The number of carbonyl (C=O) groups is 1. The molecule has 0 unspecified atom stereocenters. The number of halogens is 2. The first-order valence-corrected chi connectivity index (χ1v) is 11.1. The molecule has 0 fully saturated rings. The molecule has 1 N–H and O–H groups in total. The molecule has 1 atom stereocenters. The molecule has 1 aliphatic rings. The molecule has 5 rings (SSSR count). The van der Waals surface area contributed by atoms with Crippen molar-refractivity contribution < 1.29 is 23.0 Å². The van der Waals surface area contributed by atoms with Gasteiger partial charge in [0.1, 0.15) is 11.5 Å². The molecule has 1 amide bonds. The van der Waals surface area contributed by atoms with Gasteiger partial charge in [0.25, 0.3) is 0 Å². The number of nitrogens with zero attached hydrogens (tertiary/aromatic N) is 1. The van der Waals surface area contributed by atoms with Crippen molar-refractivity contribution in [3.05, 3.63) is 95.2 Å². The third-order valence-electron chi connectivity index (χ3n) is 6.27. The zero-order chi connectivity index (χ0) is 23.7. The van der Waals surface area contributed by atoms with Gasteiger partial charge in [-0.15, -0.1) is 0 Å². The molecule has 2 heterocycles. The number of benzene rings is 3. The summed E-state index contributed by atoms with van der Waals surface area (Å²) >= 11 is 0. The Hall–Kier alpha value is -3.87. The van der Waals surface area contributed by atoms with Crippen molar-refractivity contribution in [3.63, 3.8) is 0 Å². The van der Waals surface area contributed by atoms with Gasteiger partial charge in [-0.25, -0.2) is 0 Å². The summed E-state index contributed by atoms with van der Waals surface area (Å²) in [6, 6.07) is 21.6. The number of aromatic amines is 1. The molecule has 4 aromatic rings. The Balaban J connectivity index is 1.56. The van der Waals surface area contributed by atoms with E-state index in [2.05, 4.69) is 9.72 Å². The molecule has 34 heavy (non-hydrogen) atoms. The molecular formula is C27H24F2N2O3. The third kappa shape index (κ3) is 4.21. The molecule has 5 nitrogen and oxygen atoms in total. The van der Waals surface area contributed by atoms with Gasteiger partial charge in [-0.1, -0.05) is 42.5 Å². The van der Waals surface area contributed by atoms with Crippen LogP contribution in [0.3, 0.4) is 0 Å². The first-order chi connectivity index (χ1) is 16.5. The summed E-state index contributed by atoms with van der Waals surface area (Å²) in [6.45, 7) is -2.34. The van der Waals surface area contributed by atoms with Gasteiger partial charge in [0.15, 0.2) is 0 Å². The lowest BCUT2D eigenvalue weighted by molar-refractivity contribution is -0.132. The Morgan fingerprint density at radius 1 is 1.06 bits per heavy atom. The van der Waals surface area contributed by atoms with E-state index in [-0.39, 0.29) is 24.1 Å². The van der Waals surface area contributed by atoms with Crippen LogP contribution in [0, 0.1) is 0 Å². The predicted octanol–water partition coefficient (Wildman–Crippen LogP) is 5.49. The van der Waals surface area contributed by atoms with Crippen molar-refractivity contribution in [2.45, 2.75) is 25.5 Å². The second-order valence-electron chi connectivity index (χ2n) is 8.28. The topological polar surface area (TPSA) is 54.6 Å². The van der Waals surface area contributed by atoms with Gasteiger partial charge in [0, 0.05) is 23.1 Å². The SMILES string of the molecule is COc1ccc2[nH]c3c(c2c1)CCN(C(=O)Cc1ccccc1)[C@@H]3c1ccc(OC(F)F)cc1. The largest absolute Gasteiger partial charge is 0.497 e. The van der Waals surface area contributed by atoms with Gasteiger partial charge < -0.3 is 19.4 Å². The van der Waals surface area contributed by atoms with E-state index < -0.39 is 6.61 Å². The van der Waals surface area contributed by atoms with Crippen LogP contribution in [0.15, 0.2) is 72.8 Å². The maximum absolute atomic E-state index is 13.5. The maximum Gasteiger partial charge on any atom is 0.387 e. The highest BCUT2D eigenvalue weighted by Gasteiger charge is 2.34. The van der Waals surface area contributed by atoms with E-state index in [1.54, 1.807) is 19.2 Å². The molecular weight excluding hydrogens is 438 g/mol. The highest BCUT2D eigenvalue weighted by atomic mass is 19.3. The molecule has 0 saturated carbocycles.